The van der Waals surface area contributed by atoms with Gasteiger partial charge in [-0.15, -0.1) is 0 Å². The molecule has 0 saturated carbocycles. The molecule has 0 aliphatic carbocycles. The third-order valence-corrected chi connectivity index (χ3v) is 3.61. The molecule has 0 spiro atoms. The van der Waals surface area contributed by atoms with E-state index in [1.54, 1.807) is 0 Å². The molecule has 0 aliphatic rings. The van der Waals surface area contributed by atoms with Crippen molar-refractivity contribution in [1.82, 2.24) is 0 Å². The Morgan fingerprint density at radius 3 is 1.60 bits per heavy atom. The molecule has 0 aromatic carbocycles. The number of nitro groups is 1. The van der Waals surface area contributed by atoms with Gasteiger partial charge in [-0.3, -0.25) is 14.9 Å². The second-order valence-corrected chi connectivity index (χ2v) is 5.67. The van der Waals surface area contributed by atoms with Crippen LogP contribution in [0, 0.1) is 10.1 Å². The summed E-state index contributed by atoms with van der Waals surface area (Å²) in [5, 5.41) is 10.1. The highest BCUT2D eigenvalue weighted by Crippen LogP contribution is 2.12. The Labute approximate surface area is 123 Å². The van der Waals surface area contributed by atoms with Crippen LogP contribution in [0.2, 0.25) is 0 Å². The van der Waals surface area contributed by atoms with Gasteiger partial charge in [0.15, 0.2) is 0 Å². The molecule has 4 nitrogen and oxygen atoms in total. The van der Waals surface area contributed by atoms with Gasteiger partial charge >= 0.3 is 0 Å². The Bertz CT molecular complexity index is 254. The lowest BCUT2D eigenvalue weighted by Crippen LogP contribution is -2.12. The van der Waals surface area contributed by atoms with E-state index in [0.717, 1.165) is 19.3 Å². The molecule has 0 atom stereocenters. The topological polar surface area (TPSA) is 60.2 Å². The van der Waals surface area contributed by atoms with Crippen molar-refractivity contribution in [3.8, 4) is 0 Å². The monoisotopic (exact) mass is 285 g/mol. The molecule has 0 bridgehead atoms. The van der Waals surface area contributed by atoms with E-state index in [-0.39, 0.29) is 5.78 Å². The molecule has 0 radical (unpaired) electrons. The minimum atomic E-state index is -0.539. The molecule has 0 aromatic rings. The van der Waals surface area contributed by atoms with E-state index >= 15 is 0 Å². The maximum Gasteiger partial charge on any atom is 0.261 e. The van der Waals surface area contributed by atoms with Crippen LogP contribution in [0.5, 0.6) is 0 Å². The van der Waals surface area contributed by atoms with E-state index in [2.05, 4.69) is 6.92 Å². The molecule has 0 aromatic heterocycles. The molecular weight excluding hydrogens is 254 g/mol. The zero-order chi connectivity index (χ0) is 15.1. The van der Waals surface area contributed by atoms with E-state index in [4.69, 9.17) is 0 Å². The SMILES string of the molecule is CCCCCCCCCCCCCCC(=O)C[N+](=O)[O-]. The van der Waals surface area contributed by atoms with Crippen LogP contribution in [-0.4, -0.2) is 17.3 Å². The van der Waals surface area contributed by atoms with Crippen molar-refractivity contribution in [2.75, 3.05) is 6.54 Å². The maximum absolute atomic E-state index is 11.1. The first-order valence-corrected chi connectivity index (χ1v) is 8.30. The summed E-state index contributed by atoms with van der Waals surface area (Å²) in [6, 6.07) is 0. The first-order chi connectivity index (χ1) is 9.66. The van der Waals surface area contributed by atoms with E-state index in [1.807, 2.05) is 0 Å². The minimum absolute atomic E-state index is 0.234. The van der Waals surface area contributed by atoms with Gasteiger partial charge in [-0.1, -0.05) is 77.6 Å². The van der Waals surface area contributed by atoms with E-state index in [1.165, 1.54) is 57.8 Å². The fourth-order valence-electron chi connectivity index (χ4n) is 2.39. The van der Waals surface area contributed by atoms with Gasteiger partial charge in [0.2, 0.25) is 5.78 Å². The third-order valence-electron chi connectivity index (χ3n) is 3.61. The molecule has 0 fully saturated rings. The molecule has 118 valence electrons. The normalized spacial score (nSPS) is 10.7. The van der Waals surface area contributed by atoms with Gasteiger partial charge in [-0.25, -0.2) is 0 Å². The second-order valence-electron chi connectivity index (χ2n) is 5.67. The van der Waals surface area contributed by atoms with Crippen LogP contribution in [0.1, 0.15) is 90.4 Å². The summed E-state index contributed by atoms with van der Waals surface area (Å²) < 4.78 is 0. The lowest BCUT2D eigenvalue weighted by molar-refractivity contribution is -0.467. The molecule has 4 heteroatoms. The van der Waals surface area contributed by atoms with Crippen molar-refractivity contribution in [3.05, 3.63) is 10.1 Å². The highest BCUT2D eigenvalue weighted by atomic mass is 16.6. The summed E-state index contributed by atoms with van der Waals surface area (Å²) in [5.41, 5.74) is 0. The Hall–Kier alpha value is -0.930. The molecule has 0 heterocycles. The highest BCUT2D eigenvalue weighted by molar-refractivity contribution is 5.79. The smallest absolute Gasteiger partial charge is 0.261 e. The zero-order valence-corrected chi connectivity index (χ0v) is 13.1. The number of Topliss-reactive ketones (excluding diaryl/α,β-unsaturated/α-hetero) is 1. The number of carbonyl (C=O) groups excluding carboxylic acids is 1. The molecule has 0 unspecified atom stereocenters. The first kappa shape index (κ1) is 19.1. The van der Waals surface area contributed by atoms with Crippen molar-refractivity contribution in [1.29, 1.82) is 0 Å². The van der Waals surface area contributed by atoms with Crippen molar-refractivity contribution in [2.24, 2.45) is 0 Å². The predicted octanol–water partition coefficient (Wildman–Crippen LogP) is 4.92. The van der Waals surface area contributed by atoms with Crippen molar-refractivity contribution >= 4 is 5.78 Å². The second kappa shape index (κ2) is 14.5. The molecule has 0 amide bonds. The zero-order valence-electron chi connectivity index (χ0n) is 13.1. The molecular formula is C16H31NO3. The summed E-state index contributed by atoms with van der Waals surface area (Å²) in [4.78, 5) is 20.7. The van der Waals surface area contributed by atoms with Gasteiger partial charge in [0, 0.05) is 11.3 Å². The van der Waals surface area contributed by atoms with E-state index in [0.29, 0.717) is 6.42 Å². The summed E-state index contributed by atoms with van der Waals surface area (Å²) >= 11 is 0. The van der Waals surface area contributed by atoms with Gasteiger partial charge in [0.1, 0.15) is 0 Å². The van der Waals surface area contributed by atoms with Gasteiger partial charge < -0.3 is 0 Å². The highest BCUT2D eigenvalue weighted by Gasteiger charge is 2.08. The van der Waals surface area contributed by atoms with Crippen LogP contribution >= 0.6 is 0 Å². The first-order valence-electron chi connectivity index (χ1n) is 8.30. The molecule has 0 aliphatic heterocycles. The quantitative estimate of drug-likeness (QED) is 0.244. The van der Waals surface area contributed by atoms with Crippen LogP contribution in [0.25, 0.3) is 0 Å². The van der Waals surface area contributed by atoms with Gasteiger partial charge in [0.25, 0.3) is 6.54 Å². The number of carbonyl (C=O) groups is 1. The van der Waals surface area contributed by atoms with Crippen LogP contribution in [0.4, 0.5) is 0 Å². The number of rotatable bonds is 15. The minimum Gasteiger partial charge on any atom is -0.292 e. The lowest BCUT2D eigenvalue weighted by atomic mass is 10.0. The largest absolute Gasteiger partial charge is 0.292 e. The summed E-state index contributed by atoms with van der Waals surface area (Å²) in [7, 11) is 0. The van der Waals surface area contributed by atoms with Crippen molar-refractivity contribution < 1.29 is 9.72 Å². The van der Waals surface area contributed by atoms with E-state index < -0.39 is 11.5 Å². The third kappa shape index (κ3) is 15.1. The van der Waals surface area contributed by atoms with E-state index in [9.17, 15) is 14.9 Å². The molecule has 0 N–H and O–H groups in total. The van der Waals surface area contributed by atoms with Crippen molar-refractivity contribution in [3.63, 3.8) is 0 Å². The summed E-state index contributed by atoms with van der Waals surface area (Å²) in [6.45, 7) is 1.74. The van der Waals surface area contributed by atoms with Crippen LogP contribution in [-0.2, 0) is 4.79 Å². The molecule has 0 saturated heterocycles. The van der Waals surface area contributed by atoms with Gasteiger partial charge in [0.05, 0.1) is 0 Å². The lowest BCUT2D eigenvalue weighted by Gasteiger charge is -2.02. The number of hydrogen-bond donors (Lipinski definition) is 0. The Balaban J connectivity index is 3.09. The fourth-order valence-corrected chi connectivity index (χ4v) is 2.39. The standard InChI is InChI=1S/C16H31NO3/c1-2-3-4-5-6-7-8-9-10-11-12-13-14-16(18)15-17(19)20/h2-15H2,1H3. The van der Waals surface area contributed by atoms with Gasteiger partial charge in [-0.05, 0) is 6.42 Å². The number of ketones is 1. The van der Waals surface area contributed by atoms with Crippen LogP contribution < -0.4 is 0 Å². The van der Waals surface area contributed by atoms with Gasteiger partial charge in [-0.2, -0.15) is 0 Å². The Morgan fingerprint density at radius 1 is 0.800 bits per heavy atom. The Morgan fingerprint density at radius 2 is 1.20 bits per heavy atom. The Kier molecular flexibility index (Phi) is 13.8. The fraction of sp³-hybridized carbons (Fsp3) is 0.938. The summed E-state index contributed by atoms with van der Waals surface area (Å²) in [6.07, 6.45) is 15.4. The molecule has 0 rings (SSSR count). The average Bonchev–Trinajstić information content (AvgIpc) is 2.39. The van der Waals surface area contributed by atoms with Crippen LogP contribution in [0.3, 0.4) is 0 Å². The van der Waals surface area contributed by atoms with Crippen molar-refractivity contribution in [2.45, 2.75) is 90.4 Å². The maximum atomic E-state index is 11.1. The average molecular weight is 285 g/mol. The molecule has 20 heavy (non-hydrogen) atoms. The van der Waals surface area contributed by atoms with Crippen LogP contribution in [0.15, 0.2) is 0 Å². The predicted molar refractivity (Wildman–Crippen MR) is 82.6 cm³/mol. The number of hydrogen-bond acceptors (Lipinski definition) is 3. The number of unbranched alkanes of at least 4 members (excludes halogenated alkanes) is 11. The number of nitrogens with zero attached hydrogens (tertiary/aromatic N) is 1. The summed E-state index contributed by atoms with van der Waals surface area (Å²) in [5.74, 6) is -0.234.